The maximum absolute atomic E-state index is 13.0. The lowest BCUT2D eigenvalue weighted by molar-refractivity contribution is 0.0742. The van der Waals surface area contributed by atoms with Crippen molar-refractivity contribution in [1.29, 1.82) is 0 Å². The van der Waals surface area contributed by atoms with Gasteiger partial charge in [0, 0.05) is 38.6 Å². The zero-order valence-corrected chi connectivity index (χ0v) is 16.4. The summed E-state index contributed by atoms with van der Waals surface area (Å²) in [5.41, 5.74) is 0.503. The van der Waals surface area contributed by atoms with E-state index in [2.05, 4.69) is 20.2 Å². The van der Waals surface area contributed by atoms with E-state index in [9.17, 15) is 4.79 Å². The lowest BCUT2D eigenvalue weighted by Gasteiger charge is -2.35. The van der Waals surface area contributed by atoms with Gasteiger partial charge in [0.1, 0.15) is 0 Å². The Balaban J connectivity index is 1.42. The summed E-state index contributed by atoms with van der Waals surface area (Å²) < 4.78 is 12.4. The minimum absolute atomic E-state index is 0.0690. The number of methoxy groups -OCH3 is 2. The van der Waals surface area contributed by atoms with Crippen molar-refractivity contribution in [2.75, 3.05) is 45.3 Å². The maximum Gasteiger partial charge on any atom is 0.257 e. The molecule has 0 atom stereocenters. The highest BCUT2D eigenvalue weighted by Gasteiger charge is 2.26. The van der Waals surface area contributed by atoms with Gasteiger partial charge in [-0.3, -0.25) is 4.79 Å². The fourth-order valence-corrected chi connectivity index (χ4v) is 3.38. The third kappa shape index (κ3) is 3.71. The topological polar surface area (TPSA) is 85.6 Å². The molecule has 1 aliphatic rings. The van der Waals surface area contributed by atoms with Crippen LogP contribution in [-0.4, -0.2) is 71.2 Å². The molecule has 1 saturated heterocycles. The lowest BCUT2D eigenvalue weighted by atomic mass is 10.1. The van der Waals surface area contributed by atoms with E-state index < -0.39 is 0 Å². The molecule has 0 saturated carbocycles. The highest BCUT2D eigenvalue weighted by Crippen LogP contribution is 2.31. The summed E-state index contributed by atoms with van der Waals surface area (Å²) in [7, 11) is 3.10. The lowest BCUT2D eigenvalue weighted by Crippen LogP contribution is -2.49. The fourth-order valence-electron chi connectivity index (χ4n) is 3.38. The maximum atomic E-state index is 13.0. The number of nitrogens with zero attached hydrogens (tertiary/aromatic N) is 6. The van der Waals surface area contributed by atoms with Crippen LogP contribution in [0.15, 0.2) is 48.8 Å². The molecule has 0 bridgehead atoms. The predicted molar refractivity (Wildman–Crippen MR) is 107 cm³/mol. The van der Waals surface area contributed by atoms with Crippen molar-refractivity contribution in [2.24, 2.45) is 0 Å². The summed E-state index contributed by atoms with van der Waals surface area (Å²) in [6, 6.07) is 11.0. The minimum Gasteiger partial charge on any atom is -0.493 e. The van der Waals surface area contributed by atoms with Crippen LogP contribution < -0.4 is 14.4 Å². The largest absolute Gasteiger partial charge is 0.493 e. The summed E-state index contributed by atoms with van der Waals surface area (Å²) in [6.45, 7) is 2.52. The van der Waals surface area contributed by atoms with Gasteiger partial charge in [0.25, 0.3) is 5.91 Å². The molecule has 0 spiro atoms. The molecule has 1 fully saturated rings. The van der Waals surface area contributed by atoms with Gasteiger partial charge in [0.2, 0.25) is 0 Å². The molecular formula is C20H22N6O3. The second-order valence-corrected chi connectivity index (χ2v) is 6.52. The number of benzene rings is 1. The second-order valence-electron chi connectivity index (χ2n) is 6.52. The number of para-hydroxylation sites is 1. The molecule has 9 heteroatoms. The average molecular weight is 394 g/mol. The molecule has 150 valence electrons. The quantitative estimate of drug-likeness (QED) is 0.650. The van der Waals surface area contributed by atoms with Gasteiger partial charge in [-0.1, -0.05) is 6.07 Å². The third-order valence-corrected chi connectivity index (χ3v) is 4.90. The molecule has 1 aromatic carbocycles. The molecule has 3 aromatic rings. The van der Waals surface area contributed by atoms with Crippen LogP contribution in [-0.2, 0) is 0 Å². The Hall–Kier alpha value is -3.62. The van der Waals surface area contributed by atoms with Crippen molar-refractivity contribution in [1.82, 2.24) is 24.9 Å². The van der Waals surface area contributed by atoms with E-state index in [1.165, 1.54) is 7.11 Å². The molecule has 3 heterocycles. The van der Waals surface area contributed by atoms with Crippen molar-refractivity contribution in [3.63, 3.8) is 0 Å². The van der Waals surface area contributed by atoms with Crippen molar-refractivity contribution in [2.45, 2.75) is 0 Å². The van der Waals surface area contributed by atoms with Gasteiger partial charge in [0.15, 0.2) is 23.1 Å². The predicted octanol–water partition coefficient (Wildman–Crippen LogP) is 1.64. The molecule has 1 aliphatic heterocycles. The number of piperazine rings is 1. The number of carbonyl (C=O) groups is 1. The Morgan fingerprint density at radius 1 is 0.931 bits per heavy atom. The standard InChI is InChI=1S/C20H22N6O3/c1-28-16-6-3-5-15(19(16)29-2)20(27)25-13-11-24(12-14-25)17-7-8-18(23-22-17)26-10-4-9-21-26/h3-10H,11-14H2,1-2H3. The van der Waals surface area contributed by atoms with E-state index in [1.807, 2.05) is 29.3 Å². The number of carbonyl (C=O) groups excluding carboxylic acids is 1. The number of rotatable bonds is 5. The van der Waals surface area contributed by atoms with E-state index in [-0.39, 0.29) is 5.91 Å². The summed E-state index contributed by atoms with van der Waals surface area (Å²) in [6.07, 6.45) is 3.52. The summed E-state index contributed by atoms with van der Waals surface area (Å²) in [4.78, 5) is 16.9. The van der Waals surface area contributed by atoms with Gasteiger partial charge in [-0.2, -0.15) is 5.10 Å². The third-order valence-electron chi connectivity index (χ3n) is 4.90. The Morgan fingerprint density at radius 3 is 2.31 bits per heavy atom. The molecule has 29 heavy (non-hydrogen) atoms. The van der Waals surface area contributed by atoms with Gasteiger partial charge in [-0.25, -0.2) is 4.68 Å². The van der Waals surface area contributed by atoms with Gasteiger partial charge in [-0.15, -0.1) is 10.2 Å². The first-order valence-electron chi connectivity index (χ1n) is 9.30. The van der Waals surface area contributed by atoms with Crippen molar-refractivity contribution in [3.05, 3.63) is 54.4 Å². The smallest absolute Gasteiger partial charge is 0.257 e. The van der Waals surface area contributed by atoms with Crippen LogP contribution in [0.4, 0.5) is 5.82 Å². The molecular weight excluding hydrogens is 372 g/mol. The molecule has 0 N–H and O–H groups in total. The molecule has 4 rings (SSSR count). The van der Waals surface area contributed by atoms with Crippen molar-refractivity contribution in [3.8, 4) is 17.3 Å². The second kappa shape index (κ2) is 8.17. The van der Waals surface area contributed by atoms with Crippen LogP contribution >= 0.6 is 0 Å². The highest BCUT2D eigenvalue weighted by molar-refractivity contribution is 5.98. The highest BCUT2D eigenvalue weighted by atomic mass is 16.5. The first-order valence-corrected chi connectivity index (χ1v) is 9.30. The Labute approximate surface area is 168 Å². The molecule has 1 amide bonds. The normalized spacial score (nSPS) is 14.0. The van der Waals surface area contributed by atoms with Crippen LogP contribution in [0.25, 0.3) is 5.82 Å². The summed E-state index contributed by atoms with van der Waals surface area (Å²) in [5.74, 6) is 2.39. The Morgan fingerprint density at radius 2 is 1.69 bits per heavy atom. The van der Waals surface area contributed by atoms with Gasteiger partial charge in [-0.05, 0) is 30.3 Å². The number of hydrogen-bond acceptors (Lipinski definition) is 7. The average Bonchev–Trinajstić information content (AvgIpc) is 3.33. The van der Waals surface area contributed by atoms with Crippen molar-refractivity contribution < 1.29 is 14.3 Å². The molecule has 0 unspecified atom stereocenters. The van der Waals surface area contributed by atoms with Crippen LogP contribution in [0.5, 0.6) is 11.5 Å². The number of anilines is 1. The van der Waals surface area contributed by atoms with Crippen molar-refractivity contribution >= 4 is 11.7 Å². The SMILES string of the molecule is COc1cccc(C(=O)N2CCN(c3ccc(-n4cccn4)nn3)CC2)c1OC. The molecule has 9 nitrogen and oxygen atoms in total. The number of ether oxygens (including phenoxy) is 2. The number of aromatic nitrogens is 4. The fraction of sp³-hybridized carbons (Fsp3) is 0.300. The first kappa shape index (κ1) is 18.7. The zero-order chi connectivity index (χ0) is 20.2. The van der Waals surface area contributed by atoms with E-state index in [1.54, 1.807) is 36.2 Å². The van der Waals surface area contributed by atoms with E-state index in [4.69, 9.17) is 9.47 Å². The van der Waals surface area contributed by atoms with E-state index in [0.29, 0.717) is 49.1 Å². The first-order chi connectivity index (χ1) is 14.2. The van der Waals surface area contributed by atoms with Gasteiger partial charge < -0.3 is 19.3 Å². The van der Waals surface area contributed by atoms with Crippen LogP contribution in [0, 0.1) is 0 Å². The van der Waals surface area contributed by atoms with Crippen LogP contribution in [0.2, 0.25) is 0 Å². The van der Waals surface area contributed by atoms with Gasteiger partial charge in [0.05, 0.1) is 19.8 Å². The number of hydrogen-bond donors (Lipinski definition) is 0. The van der Waals surface area contributed by atoms with Crippen LogP contribution in [0.1, 0.15) is 10.4 Å². The Kier molecular flexibility index (Phi) is 5.28. The molecule has 2 aromatic heterocycles. The zero-order valence-electron chi connectivity index (χ0n) is 16.4. The minimum atomic E-state index is -0.0690. The summed E-state index contributed by atoms with van der Waals surface area (Å²) in [5, 5.41) is 12.7. The van der Waals surface area contributed by atoms with E-state index >= 15 is 0 Å². The number of amides is 1. The van der Waals surface area contributed by atoms with E-state index in [0.717, 1.165) is 5.82 Å². The van der Waals surface area contributed by atoms with Crippen LogP contribution in [0.3, 0.4) is 0 Å². The Bertz CT molecular complexity index is 966. The van der Waals surface area contributed by atoms with Gasteiger partial charge >= 0.3 is 0 Å². The monoisotopic (exact) mass is 394 g/mol. The molecule has 0 radical (unpaired) electrons. The molecule has 0 aliphatic carbocycles. The summed E-state index contributed by atoms with van der Waals surface area (Å²) >= 11 is 0.